The molecule has 0 unspecified atom stereocenters. The number of halogens is 1. The minimum atomic E-state index is -0.369. The number of amides is 2. The Balaban J connectivity index is 2.35. The number of thiocarbonyl (C=S) groups is 1. The average molecular weight is 314 g/mol. The van der Waals surface area contributed by atoms with E-state index in [1.54, 1.807) is 24.3 Å². The fraction of sp³-hybridized carbons (Fsp3) is 0.308. The van der Waals surface area contributed by atoms with E-state index in [1.165, 1.54) is 0 Å². The lowest BCUT2D eigenvalue weighted by atomic mass is 10.2. The molecule has 1 aromatic carbocycles. The van der Waals surface area contributed by atoms with Crippen LogP contribution in [0.4, 0.5) is 0 Å². The molecule has 5 nitrogen and oxygen atoms in total. The summed E-state index contributed by atoms with van der Waals surface area (Å²) in [6, 6.07) is 6.40. The summed E-state index contributed by atoms with van der Waals surface area (Å²) in [6.07, 6.45) is 2.13. The molecule has 3 N–H and O–H groups in total. The highest BCUT2D eigenvalue weighted by Crippen LogP contribution is 2.08. The van der Waals surface area contributed by atoms with Gasteiger partial charge in [-0.3, -0.25) is 20.4 Å². The Hall–Kier alpha value is -1.66. The fourth-order valence-corrected chi connectivity index (χ4v) is 1.64. The molecule has 0 aliphatic carbocycles. The van der Waals surface area contributed by atoms with Gasteiger partial charge in [0.15, 0.2) is 5.11 Å². The SMILES string of the molecule is CCCCC(=O)NC(=S)NNC(=O)c1ccc(Cl)cc1. The van der Waals surface area contributed by atoms with Crippen molar-refractivity contribution >= 4 is 40.7 Å². The third kappa shape index (κ3) is 5.99. The van der Waals surface area contributed by atoms with E-state index < -0.39 is 0 Å². The molecule has 0 saturated heterocycles. The number of nitrogens with one attached hydrogen (secondary N) is 3. The highest BCUT2D eigenvalue weighted by molar-refractivity contribution is 7.80. The highest BCUT2D eigenvalue weighted by atomic mass is 35.5. The number of hydrogen-bond donors (Lipinski definition) is 3. The summed E-state index contributed by atoms with van der Waals surface area (Å²) in [7, 11) is 0. The Bertz CT molecular complexity index is 491. The molecule has 0 fully saturated rings. The van der Waals surface area contributed by atoms with Gasteiger partial charge >= 0.3 is 0 Å². The van der Waals surface area contributed by atoms with Crippen LogP contribution in [0, 0.1) is 0 Å². The normalized spacial score (nSPS) is 9.70. The molecule has 0 heterocycles. The lowest BCUT2D eigenvalue weighted by molar-refractivity contribution is -0.119. The second kappa shape index (κ2) is 8.50. The van der Waals surface area contributed by atoms with Crippen LogP contribution in [-0.2, 0) is 4.79 Å². The number of carbonyl (C=O) groups is 2. The molecular weight excluding hydrogens is 298 g/mol. The number of unbranched alkanes of at least 4 members (excludes halogenated alkanes) is 1. The van der Waals surface area contributed by atoms with Crippen LogP contribution in [0.2, 0.25) is 5.02 Å². The van der Waals surface area contributed by atoms with Crippen molar-refractivity contribution in [2.75, 3.05) is 0 Å². The topological polar surface area (TPSA) is 70.2 Å². The number of hydrogen-bond acceptors (Lipinski definition) is 3. The molecule has 0 saturated carbocycles. The summed E-state index contributed by atoms with van der Waals surface area (Å²) in [4.78, 5) is 23.1. The lowest BCUT2D eigenvalue weighted by Crippen LogP contribution is -2.48. The third-order valence-electron chi connectivity index (χ3n) is 2.41. The molecule has 0 atom stereocenters. The van der Waals surface area contributed by atoms with E-state index in [0.717, 1.165) is 12.8 Å². The zero-order valence-corrected chi connectivity index (χ0v) is 12.6. The summed E-state index contributed by atoms with van der Waals surface area (Å²) in [5, 5.41) is 3.09. The van der Waals surface area contributed by atoms with E-state index >= 15 is 0 Å². The van der Waals surface area contributed by atoms with Crippen molar-refractivity contribution < 1.29 is 9.59 Å². The van der Waals surface area contributed by atoms with Gasteiger partial charge in [0, 0.05) is 17.0 Å². The van der Waals surface area contributed by atoms with Crippen LogP contribution in [0.25, 0.3) is 0 Å². The first kappa shape index (κ1) is 16.4. The summed E-state index contributed by atoms with van der Waals surface area (Å²) in [5.41, 5.74) is 5.29. The first-order valence-corrected chi connectivity index (χ1v) is 6.97. The van der Waals surface area contributed by atoms with E-state index in [4.69, 9.17) is 23.8 Å². The molecule has 0 aromatic heterocycles. The molecule has 1 rings (SSSR count). The van der Waals surface area contributed by atoms with Gasteiger partial charge in [-0.05, 0) is 42.9 Å². The van der Waals surface area contributed by atoms with Crippen LogP contribution < -0.4 is 16.2 Å². The highest BCUT2D eigenvalue weighted by Gasteiger charge is 2.07. The third-order valence-corrected chi connectivity index (χ3v) is 2.86. The summed E-state index contributed by atoms with van der Waals surface area (Å²) in [5.74, 6) is -0.545. The maximum Gasteiger partial charge on any atom is 0.269 e. The average Bonchev–Trinajstić information content (AvgIpc) is 2.43. The van der Waals surface area contributed by atoms with Crippen LogP contribution >= 0.6 is 23.8 Å². The minimum absolute atomic E-state index is 0.0633. The Labute approximate surface area is 128 Å². The van der Waals surface area contributed by atoms with Gasteiger partial charge in [-0.25, -0.2) is 0 Å². The molecular formula is C13H16ClN3O2S. The summed E-state index contributed by atoms with van der Waals surface area (Å²) in [6.45, 7) is 2.00. The Morgan fingerprint density at radius 3 is 2.45 bits per heavy atom. The van der Waals surface area contributed by atoms with Gasteiger partial charge in [0.2, 0.25) is 5.91 Å². The maximum atomic E-state index is 11.7. The van der Waals surface area contributed by atoms with Gasteiger partial charge in [0.1, 0.15) is 0 Å². The number of rotatable bonds is 4. The van der Waals surface area contributed by atoms with Gasteiger partial charge in [-0.1, -0.05) is 24.9 Å². The predicted molar refractivity (Wildman–Crippen MR) is 82.3 cm³/mol. The van der Waals surface area contributed by atoms with Crippen molar-refractivity contribution in [1.82, 2.24) is 16.2 Å². The van der Waals surface area contributed by atoms with Crippen molar-refractivity contribution in [3.8, 4) is 0 Å². The Kier molecular flexibility index (Phi) is 6.97. The molecule has 0 aliphatic rings. The fourth-order valence-electron chi connectivity index (χ4n) is 1.34. The van der Waals surface area contributed by atoms with Gasteiger partial charge in [-0.15, -0.1) is 0 Å². The second-order valence-corrected chi connectivity index (χ2v) is 4.91. The van der Waals surface area contributed by atoms with Crippen LogP contribution in [0.1, 0.15) is 36.5 Å². The largest absolute Gasteiger partial charge is 0.302 e. The first-order valence-electron chi connectivity index (χ1n) is 6.18. The summed E-state index contributed by atoms with van der Waals surface area (Å²) < 4.78 is 0. The van der Waals surface area contributed by atoms with Crippen molar-refractivity contribution in [1.29, 1.82) is 0 Å². The van der Waals surface area contributed by atoms with Crippen LogP contribution in [0.15, 0.2) is 24.3 Å². The van der Waals surface area contributed by atoms with Gasteiger partial charge in [0.25, 0.3) is 5.91 Å². The zero-order chi connectivity index (χ0) is 15.0. The first-order chi connectivity index (χ1) is 9.52. The van der Waals surface area contributed by atoms with Crippen molar-refractivity contribution in [3.05, 3.63) is 34.9 Å². The smallest absolute Gasteiger partial charge is 0.269 e. The second-order valence-electron chi connectivity index (χ2n) is 4.07. The van der Waals surface area contributed by atoms with Crippen molar-refractivity contribution in [2.24, 2.45) is 0 Å². The Morgan fingerprint density at radius 2 is 1.85 bits per heavy atom. The number of benzene rings is 1. The molecule has 2 amide bonds. The number of hydrazine groups is 1. The van der Waals surface area contributed by atoms with Crippen LogP contribution in [-0.4, -0.2) is 16.9 Å². The van der Waals surface area contributed by atoms with E-state index in [1.807, 2.05) is 6.92 Å². The molecule has 1 aromatic rings. The van der Waals surface area contributed by atoms with E-state index in [-0.39, 0.29) is 16.9 Å². The quantitative estimate of drug-likeness (QED) is 0.588. The van der Waals surface area contributed by atoms with Gasteiger partial charge < -0.3 is 5.32 Å². The van der Waals surface area contributed by atoms with Crippen LogP contribution in [0.5, 0.6) is 0 Å². The molecule has 0 radical (unpaired) electrons. The molecule has 20 heavy (non-hydrogen) atoms. The zero-order valence-electron chi connectivity index (χ0n) is 11.0. The molecule has 0 spiro atoms. The molecule has 0 aliphatic heterocycles. The Morgan fingerprint density at radius 1 is 1.20 bits per heavy atom. The lowest BCUT2D eigenvalue weighted by Gasteiger charge is -2.10. The minimum Gasteiger partial charge on any atom is -0.302 e. The van der Waals surface area contributed by atoms with Crippen molar-refractivity contribution in [2.45, 2.75) is 26.2 Å². The van der Waals surface area contributed by atoms with E-state index in [0.29, 0.717) is 17.0 Å². The van der Waals surface area contributed by atoms with Crippen molar-refractivity contribution in [3.63, 3.8) is 0 Å². The standard InChI is InChI=1S/C13H16ClN3O2S/c1-2-3-4-11(18)15-13(20)17-16-12(19)9-5-7-10(14)8-6-9/h5-8H,2-4H2,1H3,(H,16,19)(H2,15,17,18,20). The molecule has 0 bridgehead atoms. The predicted octanol–water partition coefficient (Wildman–Crippen LogP) is 2.17. The number of carbonyl (C=O) groups excluding carboxylic acids is 2. The summed E-state index contributed by atoms with van der Waals surface area (Å²) >= 11 is 10.6. The molecule has 108 valence electrons. The molecule has 7 heteroatoms. The van der Waals surface area contributed by atoms with Crippen LogP contribution in [0.3, 0.4) is 0 Å². The van der Waals surface area contributed by atoms with E-state index in [2.05, 4.69) is 16.2 Å². The van der Waals surface area contributed by atoms with E-state index in [9.17, 15) is 9.59 Å². The van der Waals surface area contributed by atoms with Gasteiger partial charge in [0.05, 0.1) is 0 Å². The maximum absolute atomic E-state index is 11.7. The monoisotopic (exact) mass is 313 g/mol. The van der Waals surface area contributed by atoms with Gasteiger partial charge in [-0.2, -0.15) is 0 Å².